The monoisotopic (exact) mass is 285 g/mol. The van der Waals surface area contributed by atoms with Crippen molar-refractivity contribution >= 4 is 11.6 Å². The highest BCUT2D eigenvalue weighted by atomic mass is 19.1. The van der Waals surface area contributed by atoms with Gasteiger partial charge in [0, 0.05) is 11.6 Å². The van der Waals surface area contributed by atoms with Gasteiger partial charge in [0.25, 0.3) is 5.91 Å². The molecule has 3 rings (SSSR count). The molecule has 3 nitrogen and oxygen atoms in total. The van der Waals surface area contributed by atoms with Gasteiger partial charge >= 0.3 is 0 Å². The number of amides is 1. The zero-order valence-corrected chi connectivity index (χ0v) is 11.8. The van der Waals surface area contributed by atoms with Crippen LogP contribution in [-0.2, 0) is 12.8 Å². The average Bonchev–Trinajstić information content (AvgIpc) is 2.96. The molecule has 0 radical (unpaired) electrons. The minimum atomic E-state index is -0.401. The summed E-state index contributed by atoms with van der Waals surface area (Å²) in [7, 11) is 1.44. The van der Waals surface area contributed by atoms with Crippen LogP contribution in [0.5, 0.6) is 5.75 Å². The lowest BCUT2D eigenvalue weighted by Gasteiger charge is -2.11. The molecule has 0 saturated heterocycles. The molecule has 0 atom stereocenters. The number of aryl methyl sites for hydroxylation is 2. The molecule has 0 spiro atoms. The Balaban J connectivity index is 1.83. The van der Waals surface area contributed by atoms with E-state index in [1.807, 2.05) is 18.2 Å². The topological polar surface area (TPSA) is 38.3 Å². The fourth-order valence-electron chi connectivity index (χ4n) is 2.68. The quantitative estimate of drug-likeness (QED) is 0.936. The van der Waals surface area contributed by atoms with Gasteiger partial charge in [-0.1, -0.05) is 6.07 Å². The Kier molecular flexibility index (Phi) is 3.60. The third-order valence-corrected chi connectivity index (χ3v) is 3.77. The number of carbonyl (C=O) groups is 1. The molecule has 0 unspecified atom stereocenters. The molecule has 0 aliphatic heterocycles. The van der Waals surface area contributed by atoms with Crippen molar-refractivity contribution in [1.29, 1.82) is 0 Å². The predicted octanol–water partition coefficient (Wildman–Crippen LogP) is 3.58. The summed E-state index contributed by atoms with van der Waals surface area (Å²) in [5.74, 6) is -0.304. The van der Waals surface area contributed by atoms with Crippen LogP contribution in [0.25, 0.3) is 0 Å². The van der Waals surface area contributed by atoms with Crippen molar-refractivity contribution in [2.75, 3.05) is 12.4 Å². The molecule has 4 heteroatoms. The zero-order valence-electron chi connectivity index (χ0n) is 11.8. The van der Waals surface area contributed by atoms with Gasteiger partial charge in [-0.25, -0.2) is 4.39 Å². The molecule has 108 valence electrons. The number of ether oxygens (including phenoxy) is 1. The van der Waals surface area contributed by atoms with Crippen molar-refractivity contribution in [1.82, 2.24) is 0 Å². The molecule has 0 fully saturated rings. The third-order valence-electron chi connectivity index (χ3n) is 3.77. The van der Waals surface area contributed by atoms with E-state index in [4.69, 9.17) is 4.74 Å². The van der Waals surface area contributed by atoms with Crippen LogP contribution < -0.4 is 10.1 Å². The van der Waals surface area contributed by atoms with Crippen LogP contribution in [0.4, 0.5) is 10.1 Å². The fourth-order valence-corrected chi connectivity index (χ4v) is 2.68. The van der Waals surface area contributed by atoms with Crippen molar-refractivity contribution in [3.63, 3.8) is 0 Å². The lowest BCUT2D eigenvalue weighted by molar-refractivity contribution is 0.102. The Morgan fingerprint density at radius 1 is 1.14 bits per heavy atom. The number of anilines is 1. The SMILES string of the molecule is COc1cc(F)ccc1NC(=O)c1ccc2c(c1)CCC2. The van der Waals surface area contributed by atoms with Crippen LogP contribution in [0.2, 0.25) is 0 Å². The van der Waals surface area contributed by atoms with E-state index in [9.17, 15) is 9.18 Å². The molecule has 0 saturated carbocycles. The minimum absolute atomic E-state index is 0.213. The summed E-state index contributed by atoms with van der Waals surface area (Å²) in [6.07, 6.45) is 3.26. The molecule has 1 aliphatic carbocycles. The second kappa shape index (κ2) is 5.56. The highest BCUT2D eigenvalue weighted by Gasteiger charge is 2.15. The number of halogens is 1. The van der Waals surface area contributed by atoms with Gasteiger partial charge in [-0.3, -0.25) is 4.79 Å². The van der Waals surface area contributed by atoms with Crippen molar-refractivity contribution in [2.24, 2.45) is 0 Å². The second-order valence-corrected chi connectivity index (χ2v) is 5.14. The number of rotatable bonds is 3. The van der Waals surface area contributed by atoms with Crippen LogP contribution in [0.15, 0.2) is 36.4 Å². The van der Waals surface area contributed by atoms with E-state index < -0.39 is 5.82 Å². The van der Waals surface area contributed by atoms with E-state index in [1.54, 1.807) is 0 Å². The van der Waals surface area contributed by atoms with Crippen molar-refractivity contribution in [2.45, 2.75) is 19.3 Å². The first-order chi connectivity index (χ1) is 10.2. The van der Waals surface area contributed by atoms with E-state index in [2.05, 4.69) is 5.32 Å². The van der Waals surface area contributed by atoms with Gasteiger partial charge in [-0.2, -0.15) is 0 Å². The molecule has 1 amide bonds. The van der Waals surface area contributed by atoms with Gasteiger partial charge in [-0.15, -0.1) is 0 Å². The minimum Gasteiger partial charge on any atom is -0.494 e. The third kappa shape index (κ3) is 2.75. The molecule has 2 aromatic rings. The number of methoxy groups -OCH3 is 1. The highest BCUT2D eigenvalue weighted by molar-refractivity contribution is 6.05. The summed E-state index contributed by atoms with van der Waals surface area (Å²) in [4.78, 5) is 12.3. The van der Waals surface area contributed by atoms with Crippen LogP contribution in [0.3, 0.4) is 0 Å². The van der Waals surface area contributed by atoms with E-state index in [1.165, 1.54) is 36.4 Å². The lowest BCUT2D eigenvalue weighted by Crippen LogP contribution is -2.13. The predicted molar refractivity (Wildman–Crippen MR) is 79.4 cm³/mol. The standard InChI is InChI=1S/C17H16FNO2/c1-21-16-10-14(18)7-8-15(16)19-17(20)13-6-5-11-3-2-4-12(11)9-13/h5-10H,2-4H2,1H3,(H,19,20). The van der Waals surface area contributed by atoms with Crippen LogP contribution in [-0.4, -0.2) is 13.0 Å². The van der Waals surface area contributed by atoms with Gasteiger partial charge in [0.05, 0.1) is 12.8 Å². The van der Waals surface area contributed by atoms with Gasteiger partial charge in [-0.05, 0) is 54.7 Å². The largest absolute Gasteiger partial charge is 0.494 e. The number of nitrogens with one attached hydrogen (secondary N) is 1. The Morgan fingerprint density at radius 2 is 1.95 bits per heavy atom. The summed E-state index contributed by atoms with van der Waals surface area (Å²) in [5.41, 5.74) is 3.64. The number of hydrogen-bond donors (Lipinski definition) is 1. The van der Waals surface area contributed by atoms with E-state index in [0.717, 1.165) is 19.3 Å². The normalized spacial score (nSPS) is 12.9. The summed E-state index contributed by atoms with van der Waals surface area (Å²) < 4.78 is 18.2. The second-order valence-electron chi connectivity index (χ2n) is 5.14. The Morgan fingerprint density at radius 3 is 2.76 bits per heavy atom. The molecule has 1 aliphatic rings. The van der Waals surface area contributed by atoms with Crippen LogP contribution in [0, 0.1) is 5.82 Å². The Hall–Kier alpha value is -2.36. The molecule has 21 heavy (non-hydrogen) atoms. The number of hydrogen-bond acceptors (Lipinski definition) is 2. The van der Waals surface area contributed by atoms with Gasteiger partial charge in [0.2, 0.25) is 0 Å². The van der Waals surface area contributed by atoms with Crippen LogP contribution >= 0.6 is 0 Å². The number of fused-ring (bicyclic) bond motifs is 1. The first-order valence-corrected chi connectivity index (χ1v) is 6.94. The Bertz CT molecular complexity index is 697. The summed E-state index contributed by atoms with van der Waals surface area (Å²) in [6, 6.07) is 9.82. The molecule has 1 N–H and O–H groups in total. The molecular weight excluding hydrogens is 269 g/mol. The number of benzene rings is 2. The average molecular weight is 285 g/mol. The maximum atomic E-state index is 13.2. The van der Waals surface area contributed by atoms with Crippen molar-refractivity contribution in [3.05, 3.63) is 58.9 Å². The van der Waals surface area contributed by atoms with E-state index in [-0.39, 0.29) is 5.91 Å². The van der Waals surface area contributed by atoms with E-state index in [0.29, 0.717) is 17.0 Å². The molecule has 0 aromatic heterocycles. The van der Waals surface area contributed by atoms with Gasteiger partial charge in [0.1, 0.15) is 11.6 Å². The number of carbonyl (C=O) groups excluding carboxylic acids is 1. The van der Waals surface area contributed by atoms with Crippen molar-refractivity contribution in [3.8, 4) is 5.75 Å². The highest BCUT2D eigenvalue weighted by Crippen LogP contribution is 2.27. The maximum absolute atomic E-state index is 13.2. The maximum Gasteiger partial charge on any atom is 0.255 e. The first-order valence-electron chi connectivity index (χ1n) is 6.94. The van der Waals surface area contributed by atoms with E-state index >= 15 is 0 Å². The first kappa shape index (κ1) is 13.6. The van der Waals surface area contributed by atoms with Gasteiger partial charge in [0.15, 0.2) is 0 Å². The summed E-state index contributed by atoms with van der Waals surface area (Å²) >= 11 is 0. The molecular formula is C17H16FNO2. The molecule has 0 bridgehead atoms. The molecule has 2 aromatic carbocycles. The van der Waals surface area contributed by atoms with Crippen LogP contribution in [0.1, 0.15) is 27.9 Å². The zero-order chi connectivity index (χ0) is 14.8. The Labute approximate surface area is 122 Å². The summed E-state index contributed by atoms with van der Waals surface area (Å²) in [5, 5.41) is 2.77. The fraction of sp³-hybridized carbons (Fsp3) is 0.235. The van der Waals surface area contributed by atoms with Crippen molar-refractivity contribution < 1.29 is 13.9 Å². The van der Waals surface area contributed by atoms with Gasteiger partial charge < -0.3 is 10.1 Å². The lowest BCUT2D eigenvalue weighted by atomic mass is 10.1. The summed E-state index contributed by atoms with van der Waals surface area (Å²) in [6.45, 7) is 0. The molecule has 0 heterocycles. The smallest absolute Gasteiger partial charge is 0.255 e.